The molecule has 3 heterocycles. The normalized spacial score (nSPS) is 17.3. The molecule has 5 nitrogen and oxygen atoms in total. The van der Waals surface area contributed by atoms with Crippen molar-refractivity contribution in [3.8, 4) is 11.1 Å². The fourth-order valence-electron chi connectivity index (χ4n) is 3.37. The first-order chi connectivity index (χ1) is 11.8. The number of rotatable bonds is 4. The highest BCUT2D eigenvalue weighted by molar-refractivity contribution is 5.98. The first-order valence-corrected chi connectivity index (χ1v) is 8.24. The van der Waals surface area contributed by atoms with Crippen molar-refractivity contribution in [2.24, 2.45) is 0 Å². The van der Waals surface area contributed by atoms with E-state index >= 15 is 0 Å². The molecule has 1 saturated heterocycles. The van der Waals surface area contributed by atoms with Crippen molar-refractivity contribution < 1.29 is 9.21 Å². The van der Waals surface area contributed by atoms with Gasteiger partial charge in [-0.05, 0) is 30.5 Å². The van der Waals surface area contributed by atoms with E-state index < -0.39 is 0 Å². The van der Waals surface area contributed by atoms with Crippen molar-refractivity contribution in [1.29, 1.82) is 0 Å². The molecular weight excluding hydrogens is 302 g/mol. The molecule has 1 fully saturated rings. The van der Waals surface area contributed by atoms with Crippen LogP contribution in [0.3, 0.4) is 0 Å². The smallest absolute Gasteiger partial charge is 0.290 e. The molecule has 0 bridgehead atoms. The standard InChI is InChI=1S/C19H19N3O2/c23-19(18-17(9-13-24-18)15-6-2-1-3-7-15)22-12-4-8-16(22)14-21-11-5-10-20-21/h1-3,5-7,9-11,13,16H,4,8,12,14H2/t16-/m0/s1. The van der Waals surface area contributed by atoms with Crippen LogP contribution in [0.25, 0.3) is 11.1 Å². The number of carbonyl (C=O) groups is 1. The molecule has 0 spiro atoms. The summed E-state index contributed by atoms with van der Waals surface area (Å²) in [4.78, 5) is 15.0. The lowest BCUT2D eigenvalue weighted by molar-refractivity contribution is 0.0690. The van der Waals surface area contributed by atoms with Crippen LogP contribution < -0.4 is 0 Å². The minimum atomic E-state index is -0.0338. The molecule has 5 heteroatoms. The molecule has 0 aliphatic carbocycles. The highest BCUT2D eigenvalue weighted by atomic mass is 16.3. The maximum Gasteiger partial charge on any atom is 0.290 e. The van der Waals surface area contributed by atoms with Gasteiger partial charge in [-0.25, -0.2) is 0 Å². The second-order valence-corrected chi connectivity index (χ2v) is 6.05. The number of likely N-dealkylation sites (tertiary alicyclic amines) is 1. The predicted molar refractivity (Wildman–Crippen MR) is 90.4 cm³/mol. The Labute approximate surface area is 140 Å². The summed E-state index contributed by atoms with van der Waals surface area (Å²) in [6.07, 6.45) is 7.30. The Kier molecular flexibility index (Phi) is 3.91. The van der Waals surface area contributed by atoms with Crippen LogP contribution >= 0.6 is 0 Å². The number of aromatic nitrogens is 2. The van der Waals surface area contributed by atoms with Gasteiger partial charge < -0.3 is 9.32 Å². The van der Waals surface area contributed by atoms with Crippen molar-refractivity contribution in [3.05, 3.63) is 66.9 Å². The summed E-state index contributed by atoms with van der Waals surface area (Å²) in [5.41, 5.74) is 1.85. The average Bonchev–Trinajstić information content (AvgIpc) is 3.37. The zero-order valence-electron chi connectivity index (χ0n) is 13.3. The highest BCUT2D eigenvalue weighted by Gasteiger charge is 2.32. The van der Waals surface area contributed by atoms with Crippen LogP contribution in [-0.2, 0) is 6.54 Å². The molecule has 4 rings (SSSR count). The number of hydrogen-bond acceptors (Lipinski definition) is 3. The minimum absolute atomic E-state index is 0.0338. The molecule has 3 aromatic rings. The van der Waals surface area contributed by atoms with E-state index in [1.54, 1.807) is 12.5 Å². The third-order valence-electron chi connectivity index (χ3n) is 4.54. The Bertz CT molecular complexity index is 808. The minimum Gasteiger partial charge on any atom is -0.459 e. The molecule has 1 atom stereocenters. The van der Waals surface area contributed by atoms with E-state index in [2.05, 4.69) is 5.10 Å². The molecule has 0 radical (unpaired) electrons. The van der Waals surface area contributed by atoms with Crippen LogP contribution in [0.4, 0.5) is 0 Å². The third-order valence-corrected chi connectivity index (χ3v) is 4.54. The van der Waals surface area contributed by atoms with Gasteiger partial charge in [0.25, 0.3) is 5.91 Å². The van der Waals surface area contributed by atoms with E-state index in [4.69, 9.17) is 4.42 Å². The van der Waals surface area contributed by atoms with Gasteiger partial charge in [-0.2, -0.15) is 5.10 Å². The second kappa shape index (κ2) is 6.35. The van der Waals surface area contributed by atoms with E-state index in [1.807, 2.05) is 58.2 Å². The highest BCUT2D eigenvalue weighted by Crippen LogP contribution is 2.28. The van der Waals surface area contributed by atoms with Gasteiger partial charge in [-0.3, -0.25) is 9.48 Å². The Morgan fingerprint density at radius 1 is 1.21 bits per heavy atom. The number of benzene rings is 1. The Morgan fingerprint density at radius 2 is 2.08 bits per heavy atom. The zero-order valence-corrected chi connectivity index (χ0v) is 13.3. The molecule has 24 heavy (non-hydrogen) atoms. The van der Waals surface area contributed by atoms with E-state index in [0.717, 1.165) is 37.1 Å². The molecule has 1 aliphatic rings. The second-order valence-electron chi connectivity index (χ2n) is 6.05. The van der Waals surface area contributed by atoms with Gasteiger partial charge in [-0.1, -0.05) is 30.3 Å². The third kappa shape index (κ3) is 2.73. The van der Waals surface area contributed by atoms with Crippen molar-refractivity contribution in [3.63, 3.8) is 0 Å². The first-order valence-electron chi connectivity index (χ1n) is 8.24. The van der Waals surface area contributed by atoms with Crippen molar-refractivity contribution >= 4 is 5.91 Å². The molecule has 122 valence electrons. The number of hydrogen-bond donors (Lipinski definition) is 0. The zero-order chi connectivity index (χ0) is 16.4. The monoisotopic (exact) mass is 321 g/mol. The van der Waals surface area contributed by atoms with Crippen LogP contribution in [0, 0.1) is 0 Å². The lowest BCUT2D eigenvalue weighted by Gasteiger charge is -2.24. The molecule has 2 aromatic heterocycles. The molecule has 0 unspecified atom stereocenters. The summed E-state index contributed by atoms with van der Waals surface area (Å²) in [5, 5.41) is 4.26. The lowest BCUT2D eigenvalue weighted by Crippen LogP contribution is -2.38. The summed E-state index contributed by atoms with van der Waals surface area (Å²) in [7, 11) is 0. The predicted octanol–water partition coefficient (Wildman–Crippen LogP) is 3.45. The number of furan rings is 1. The van der Waals surface area contributed by atoms with Gasteiger partial charge >= 0.3 is 0 Å². The van der Waals surface area contributed by atoms with Crippen molar-refractivity contribution in [2.45, 2.75) is 25.4 Å². The van der Waals surface area contributed by atoms with Gasteiger partial charge in [-0.15, -0.1) is 0 Å². The van der Waals surface area contributed by atoms with Crippen LogP contribution in [-0.4, -0.2) is 33.2 Å². The molecule has 1 aromatic carbocycles. The van der Waals surface area contributed by atoms with Crippen LogP contribution in [0.5, 0.6) is 0 Å². The van der Waals surface area contributed by atoms with E-state index in [1.165, 1.54) is 0 Å². The summed E-state index contributed by atoms with van der Waals surface area (Å²) < 4.78 is 7.45. The molecular formula is C19H19N3O2. The van der Waals surface area contributed by atoms with E-state index in [-0.39, 0.29) is 11.9 Å². The molecule has 0 N–H and O–H groups in total. The lowest BCUT2D eigenvalue weighted by atomic mass is 10.1. The van der Waals surface area contributed by atoms with Gasteiger partial charge in [0.2, 0.25) is 0 Å². The van der Waals surface area contributed by atoms with Gasteiger partial charge in [0, 0.05) is 24.5 Å². The molecule has 0 saturated carbocycles. The Morgan fingerprint density at radius 3 is 2.88 bits per heavy atom. The van der Waals surface area contributed by atoms with Crippen LogP contribution in [0.2, 0.25) is 0 Å². The van der Waals surface area contributed by atoms with Gasteiger partial charge in [0.15, 0.2) is 5.76 Å². The maximum atomic E-state index is 13.0. The quantitative estimate of drug-likeness (QED) is 0.739. The van der Waals surface area contributed by atoms with Crippen LogP contribution in [0.15, 0.2) is 65.5 Å². The van der Waals surface area contributed by atoms with E-state index in [0.29, 0.717) is 5.76 Å². The largest absolute Gasteiger partial charge is 0.459 e. The van der Waals surface area contributed by atoms with Crippen molar-refractivity contribution in [2.75, 3.05) is 6.54 Å². The Hall–Kier alpha value is -2.82. The van der Waals surface area contributed by atoms with Crippen LogP contribution in [0.1, 0.15) is 23.4 Å². The van der Waals surface area contributed by atoms with Gasteiger partial charge in [0.1, 0.15) is 0 Å². The average molecular weight is 321 g/mol. The fraction of sp³-hybridized carbons (Fsp3) is 0.263. The SMILES string of the molecule is O=C(c1occc1-c1ccccc1)N1CCC[C@H]1Cn1cccn1. The molecule has 1 amide bonds. The van der Waals surface area contributed by atoms with Crippen molar-refractivity contribution in [1.82, 2.24) is 14.7 Å². The number of carbonyl (C=O) groups excluding carboxylic acids is 1. The molecule has 1 aliphatic heterocycles. The number of nitrogens with zero attached hydrogens (tertiary/aromatic N) is 3. The van der Waals surface area contributed by atoms with E-state index in [9.17, 15) is 4.79 Å². The maximum absolute atomic E-state index is 13.0. The summed E-state index contributed by atoms with van der Waals surface area (Å²) >= 11 is 0. The van der Waals surface area contributed by atoms with Gasteiger partial charge in [0.05, 0.1) is 18.8 Å². The first kappa shape index (κ1) is 14.8. The summed E-state index contributed by atoms with van der Waals surface area (Å²) in [6, 6.07) is 13.8. The topological polar surface area (TPSA) is 51.3 Å². The fourth-order valence-corrected chi connectivity index (χ4v) is 3.37. The Balaban J connectivity index is 1.59. The number of amides is 1. The summed E-state index contributed by atoms with van der Waals surface area (Å²) in [5.74, 6) is 0.391. The summed E-state index contributed by atoms with van der Waals surface area (Å²) in [6.45, 7) is 1.49.